The summed E-state index contributed by atoms with van der Waals surface area (Å²) in [6.45, 7) is 6.21. The number of nitrogens with zero attached hydrogens (tertiary/aromatic N) is 4. The second-order valence-corrected chi connectivity index (χ2v) is 4.57. The second kappa shape index (κ2) is 6.99. The first-order chi connectivity index (χ1) is 9.35. The summed E-state index contributed by atoms with van der Waals surface area (Å²) in [6.07, 6.45) is 2.12. The van der Waals surface area contributed by atoms with E-state index in [-0.39, 0.29) is 6.04 Å². The molecule has 1 heterocycles. The molecule has 1 unspecified atom stereocenters. The average molecular weight is 259 g/mol. The summed E-state index contributed by atoms with van der Waals surface area (Å²) in [4.78, 5) is 1.73. The van der Waals surface area contributed by atoms with Gasteiger partial charge >= 0.3 is 0 Å². The molecule has 0 fully saturated rings. The van der Waals surface area contributed by atoms with E-state index >= 15 is 0 Å². The third-order valence-corrected chi connectivity index (χ3v) is 3.06. The SMILES string of the molecule is CCCNCC(CC)n1nnc(-c2ccccc2)n1. The van der Waals surface area contributed by atoms with Crippen LogP contribution in [0.25, 0.3) is 11.4 Å². The lowest BCUT2D eigenvalue weighted by molar-refractivity contribution is 0.366. The molecule has 0 amide bonds. The van der Waals surface area contributed by atoms with Crippen LogP contribution < -0.4 is 5.32 Å². The van der Waals surface area contributed by atoms with E-state index in [2.05, 4.69) is 34.6 Å². The van der Waals surface area contributed by atoms with Gasteiger partial charge in [-0.05, 0) is 24.6 Å². The van der Waals surface area contributed by atoms with Gasteiger partial charge < -0.3 is 5.32 Å². The van der Waals surface area contributed by atoms with Gasteiger partial charge in [-0.1, -0.05) is 44.2 Å². The van der Waals surface area contributed by atoms with Gasteiger partial charge in [0, 0.05) is 12.1 Å². The van der Waals surface area contributed by atoms with E-state index < -0.39 is 0 Å². The first-order valence-corrected chi connectivity index (χ1v) is 6.90. The monoisotopic (exact) mass is 259 g/mol. The third-order valence-electron chi connectivity index (χ3n) is 3.06. The number of benzene rings is 1. The van der Waals surface area contributed by atoms with Crippen molar-refractivity contribution in [1.29, 1.82) is 0 Å². The second-order valence-electron chi connectivity index (χ2n) is 4.57. The lowest BCUT2D eigenvalue weighted by Crippen LogP contribution is -2.27. The summed E-state index contributed by atoms with van der Waals surface area (Å²) in [5, 5.41) is 16.2. The molecular formula is C14H21N5. The largest absolute Gasteiger partial charge is 0.315 e. The number of hydrogen-bond donors (Lipinski definition) is 1. The highest BCUT2D eigenvalue weighted by Crippen LogP contribution is 2.14. The Labute approximate surface area is 114 Å². The van der Waals surface area contributed by atoms with E-state index in [1.807, 2.05) is 30.3 Å². The Morgan fingerprint density at radius 1 is 1.21 bits per heavy atom. The Hall–Kier alpha value is -1.75. The van der Waals surface area contributed by atoms with Gasteiger partial charge in [0.1, 0.15) is 0 Å². The first kappa shape index (κ1) is 13.7. The minimum atomic E-state index is 0.261. The molecule has 0 saturated carbocycles. The fraction of sp³-hybridized carbons (Fsp3) is 0.500. The van der Waals surface area contributed by atoms with Crippen molar-refractivity contribution in [2.24, 2.45) is 0 Å². The molecule has 0 aliphatic heterocycles. The van der Waals surface area contributed by atoms with Crippen LogP contribution in [0, 0.1) is 0 Å². The maximum atomic E-state index is 4.48. The molecule has 1 aromatic heterocycles. The van der Waals surface area contributed by atoms with Gasteiger partial charge in [-0.3, -0.25) is 0 Å². The minimum Gasteiger partial charge on any atom is -0.315 e. The molecule has 0 aliphatic rings. The van der Waals surface area contributed by atoms with Gasteiger partial charge in [0.2, 0.25) is 5.82 Å². The summed E-state index contributed by atoms with van der Waals surface area (Å²) in [5.41, 5.74) is 1.00. The van der Waals surface area contributed by atoms with Crippen LogP contribution in [0.3, 0.4) is 0 Å². The molecule has 1 N–H and O–H groups in total. The molecular weight excluding hydrogens is 238 g/mol. The van der Waals surface area contributed by atoms with Crippen molar-refractivity contribution in [3.63, 3.8) is 0 Å². The Morgan fingerprint density at radius 2 is 2.00 bits per heavy atom. The molecule has 0 bridgehead atoms. The minimum absolute atomic E-state index is 0.261. The summed E-state index contributed by atoms with van der Waals surface area (Å²) in [5.74, 6) is 0.689. The molecule has 1 aromatic carbocycles. The molecule has 0 spiro atoms. The zero-order chi connectivity index (χ0) is 13.5. The van der Waals surface area contributed by atoms with Crippen LogP contribution in [-0.4, -0.2) is 33.3 Å². The van der Waals surface area contributed by atoms with E-state index in [0.29, 0.717) is 5.82 Å². The van der Waals surface area contributed by atoms with Crippen LogP contribution in [0.2, 0.25) is 0 Å². The van der Waals surface area contributed by atoms with Crippen molar-refractivity contribution in [2.45, 2.75) is 32.7 Å². The van der Waals surface area contributed by atoms with Gasteiger partial charge in [0.25, 0.3) is 0 Å². The average Bonchev–Trinajstić information content (AvgIpc) is 2.94. The normalized spacial score (nSPS) is 12.5. The molecule has 5 heteroatoms. The van der Waals surface area contributed by atoms with Gasteiger partial charge in [-0.15, -0.1) is 10.2 Å². The van der Waals surface area contributed by atoms with E-state index in [4.69, 9.17) is 0 Å². The quantitative estimate of drug-likeness (QED) is 0.775. The Bertz CT molecular complexity index is 480. The molecule has 5 nitrogen and oxygen atoms in total. The smallest absolute Gasteiger partial charge is 0.204 e. The van der Waals surface area contributed by atoms with E-state index in [9.17, 15) is 0 Å². The maximum absolute atomic E-state index is 4.48. The van der Waals surface area contributed by atoms with E-state index in [0.717, 1.165) is 31.5 Å². The van der Waals surface area contributed by atoms with Gasteiger partial charge in [0.05, 0.1) is 6.04 Å². The van der Waals surface area contributed by atoms with Crippen molar-refractivity contribution in [1.82, 2.24) is 25.5 Å². The standard InChI is InChI=1S/C14H21N5/c1-3-10-15-11-13(4-2)19-17-14(16-18-19)12-8-6-5-7-9-12/h5-9,13,15H,3-4,10-11H2,1-2H3. The van der Waals surface area contributed by atoms with E-state index in [1.165, 1.54) is 0 Å². The molecule has 19 heavy (non-hydrogen) atoms. The highest BCUT2D eigenvalue weighted by Gasteiger charge is 2.13. The highest BCUT2D eigenvalue weighted by atomic mass is 15.6. The van der Waals surface area contributed by atoms with Crippen LogP contribution in [0.1, 0.15) is 32.7 Å². The number of aromatic nitrogens is 4. The Kier molecular flexibility index (Phi) is 5.03. The first-order valence-electron chi connectivity index (χ1n) is 6.90. The molecule has 2 aromatic rings. The van der Waals surface area contributed by atoms with Crippen molar-refractivity contribution in [3.8, 4) is 11.4 Å². The zero-order valence-corrected chi connectivity index (χ0v) is 11.6. The van der Waals surface area contributed by atoms with Gasteiger partial charge in [-0.25, -0.2) is 0 Å². The summed E-state index contributed by atoms with van der Waals surface area (Å²) < 4.78 is 0. The van der Waals surface area contributed by atoms with E-state index in [1.54, 1.807) is 4.80 Å². The van der Waals surface area contributed by atoms with Crippen LogP contribution in [0.15, 0.2) is 30.3 Å². The van der Waals surface area contributed by atoms with Crippen molar-refractivity contribution in [2.75, 3.05) is 13.1 Å². The fourth-order valence-corrected chi connectivity index (χ4v) is 1.92. The summed E-state index contributed by atoms with van der Waals surface area (Å²) in [7, 11) is 0. The Balaban J connectivity index is 2.06. The lowest BCUT2D eigenvalue weighted by atomic mass is 10.2. The van der Waals surface area contributed by atoms with Crippen LogP contribution >= 0.6 is 0 Å². The van der Waals surface area contributed by atoms with Crippen molar-refractivity contribution < 1.29 is 0 Å². The van der Waals surface area contributed by atoms with Crippen LogP contribution in [0.4, 0.5) is 0 Å². The zero-order valence-electron chi connectivity index (χ0n) is 11.6. The maximum Gasteiger partial charge on any atom is 0.204 e. The molecule has 1 atom stereocenters. The van der Waals surface area contributed by atoms with Gasteiger partial charge in [0.15, 0.2) is 0 Å². The molecule has 102 valence electrons. The predicted molar refractivity (Wildman–Crippen MR) is 75.7 cm³/mol. The van der Waals surface area contributed by atoms with Crippen LogP contribution in [0.5, 0.6) is 0 Å². The third kappa shape index (κ3) is 3.61. The van der Waals surface area contributed by atoms with Crippen molar-refractivity contribution >= 4 is 0 Å². The number of hydrogen-bond acceptors (Lipinski definition) is 4. The number of rotatable bonds is 7. The highest BCUT2D eigenvalue weighted by molar-refractivity contribution is 5.52. The molecule has 0 radical (unpaired) electrons. The molecule has 0 saturated heterocycles. The topological polar surface area (TPSA) is 55.6 Å². The Morgan fingerprint density at radius 3 is 2.68 bits per heavy atom. The molecule has 2 rings (SSSR count). The predicted octanol–water partition coefficient (Wildman–Crippen LogP) is 2.29. The number of tetrazole rings is 1. The van der Waals surface area contributed by atoms with Crippen molar-refractivity contribution in [3.05, 3.63) is 30.3 Å². The summed E-state index contributed by atoms with van der Waals surface area (Å²) in [6, 6.07) is 10.2. The number of nitrogens with one attached hydrogen (secondary N) is 1. The fourth-order valence-electron chi connectivity index (χ4n) is 1.92. The van der Waals surface area contributed by atoms with Gasteiger partial charge in [-0.2, -0.15) is 4.80 Å². The summed E-state index contributed by atoms with van der Waals surface area (Å²) >= 11 is 0. The molecule has 0 aliphatic carbocycles. The lowest BCUT2D eigenvalue weighted by Gasteiger charge is -2.13. The van der Waals surface area contributed by atoms with Crippen LogP contribution in [-0.2, 0) is 0 Å².